The van der Waals surface area contributed by atoms with E-state index in [1.54, 1.807) is 11.3 Å². The molecule has 0 aromatic carbocycles. The number of aryl methyl sites for hydroxylation is 1. The van der Waals surface area contributed by atoms with Crippen molar-refractivity contribution in [2.45, 2.75) is 26.8 Å². The van der Waals surface area contributed by atoms with Crippen LogP contribution in [0.5, 0.6) is 5.75 Å². The molecule has 2 rings (SSSR count). The molecule has 0 bridgehead atoms. The molecule has 0 radical (unpaired) electrons. The normalized spacial score (nSPS) is 10.6. The minimum atomic E-state index is 0.695. The molecule has 0 saturated carbocycles. The highest BCUT2D eigenvalue weighted by molar-refractivity contribution is 7.07. The summed E-state index contributed by atoms with van der Waals surface area (Å²) in [4.78, 5) is 4.54. The Morgan fingerprint density at radius 2 is 2.21 bits per heavy atom. The number of pyridine rings is 1. The van der Waals surface area contributed by atoms with Gasteiger partial charge in [0.25, 0.3) is 0 Å². The Kier molecular flexibility index (Phi) is 5.36. The maximum Gasteiger partial charge on any atom is 0.142 e. The molecule has 3 nitrogen and oxygen atoms in total. The van der Waals surface area contributed by atoms with Gasteiger partial charge < -0.3 is 10.1 Å². The quantitative estimate of drug-likeness (QED) is 0.843. The summed E-state index contributed by atoms with van der Waals surface area (Å²) in [6.45, 7) is 6.48. The third kappa shape index (κ3) is 4.33. The molecule has 0 fully saturated rings. The van der Waals surface area contributed by atoms with Gasteiger partial charge in [0.1, 0.15) is 5.75 Å². The standard InChI is InChI=1S/C15H20N2OS/c1-3-16-10-14-15(5-4-12(2)17-14)18-8-6-13-7-9-19-11-13/h4-5,7,9,11,16H,3,6,8,10H2,1-2H3. The van der Waals surface area contributed by atoms with Crippen molar-refractivity contribution in [1.29, 1.82) is 0 Å². The molecule has 1 N–H and O–H groups in total. The van der Waals surface area contributed by atoms with E-state index in [0.717, 1.165) is 36.6 Å². The highest BCUT2D eigenvalue weighted by atomic mass is 32.1. The van der Waals surface area contributed by atoms with Gasteiger partial charge in [-0.05, 0) is 48.0 Å². The second-order valence-electron chi connectivity index (χ2n) is 4.41. The number of rotatable bonds is 7. The fraction of sp³-hybridized carbons (Fsp3) is 0.400. The largest absolute Gasteiger partial charge is 0.491 e. The minimum Gasteiger partial charge on any atom is -0.491 e. The molecule has 0 spiro atoms. The lowest BCUT2D eigenvalue weighted by Crippen LogP contribution is -2.15. The molecular weight excluding hydrogens is 256 g/mol. The van der Waals surface area contributed by atoms with Crippen molar-refractivity contribution in [3.8, 4) is 5.75 Å². The molecule has 0 unspecified atom stereocenters. The Hall–Kier alpha value is -1.39. The summed E-state index contributed by atoms with van der Waals surface area (Å²) in [5.74, 6) is 0.891. The number of nitrogens with zero attached hydrogens (tertiary/aromatic N) is 1. The fourth-order valence-electron chi connectivity index (χ4n) is 1.81. The van der Waals surface area contributed by atoms with E-state index in [4.69, 9.17) is 4.74 Å². The van der Waals surface area contributed by atoms with Crippen LogP contribution < -0.4 is 10.1 Å². The van der Waals surface area contributed by atoms with Gasteiger partial charge in [-0.3, -0.25) is 4.98 Å². The lowest BCUT2D eigenvalue weighted by molar-refractivity contribution is 0.316. The van der Waals surface area contributed by atoms with Crippen LogP contribution in [0.3, 0.4) is 0 Å². The highest BCUT2D eigenvalue weighted by Gasteiger charge is 2.05. The minimum absolute atomic E-state index is 0.695. The predicted molar refractivity (Wildman–Crippen MR) is 79.9 cm³/mol. The van der Waals surface area contributed by atoms with Gasteiger partial charge in [-0.15, -0.1) is 0 Å². The van der Waals surface area contributed by atoms with E-state index in [1.807, 2.05) is 19.1 Å². The van der Waals surface area contributed by atoms with Crippen LogP contribution in [0, 0.1) is 6.92 Å². The van der Waals surface area contributed by atoms with Crippen molar-refractivity contribution in [2.24, 2.45) is 0 Å². The van der Waals surface area contributed by atoms with Crippen molar-refractivity contribution in [1.82, 2.24) is 10.3 Å². The molecule has 0 amide bonds. The van der Waals surface area contributed by atoms with Gasteiger partial charge in [0.05, 0.1) is 12.3 Å². The van der Waals surface area contributed by atoms with Gasteiger partial charge >= 0.3 is 0 Å². The van der Waals surface area contributed by atoms with Gasteiger partial charge in [0.2, 0.25) is 0 Å². The van der Waals surface area contributed by atoms with Crippen LogP contribution in [0.1, 0.15) is 23.9 Å². The summed E-state index contributed by atoms with van der Waals surface area (Å²) in [6, 6.07) is 6.15. The van der Waals surface area contributed by atoms with E-state index in [-0.39, 0.29) is 0 Å². The monoisotopic (exact) mass is 276 g/mol. The Labute approximate surface area is 118 Å². The fourth-order valence-corrected chi connectivity index (χ4v) is 2.52. The summed E-state index contributed by atoms with van der Waals surface area (Å²) in [5, 5.41) is 7.55. The SMILES string of the molecule is CCNCc1nc(C)ccc1OCCc1ccsc1. The summed E-state index contributed by atoms with van der Waals surface area (Å²) in [7, 11) is 0. The summed E-state index contributed by atoms with van der Waals surface area (Å²) < 4.78 is 5.86. The first-order valence-corrected chi connectivity index (χ1v) is 7.55. The maximum absolute atomic E-state index is 5.86. The first kappa shape index (κ1) is 14.0. The second kappa shape index (κ2) is 7.26. The van der Waals surface area contributed by atoms with Crippen LogP contribution in [0.4, 0.5) is 0 Å². The van der Waals surface area contributed by atoms with Gasteiger partial charge in [-0.25, -0.2) is 0 Å². The van der Waals surface area contributed by atoms with Crippen LogP contribution in [-0.4, -0.2) is 18.1 Å². The maximum atomic E-state index is 5.86. The molecule has 2 aromatic rings. The van der Waals surface area contributed by atoms with Crippen LogP contribution >= 0.6 is 11.3 Å². The number of aromatic nitrogens is 1. The number of thiophene rings is 1. The molecule has 19 heavy (non-hydrogen) atoms. The van der Waals surface area contributed by atoms with E-state index in [2.05, 4.69) is 34.1 Å². The van der Waals surface area contributed by atoms with Crippen LogP contribution in [0.15, 0.2) is 29.0 Å². The molecule has 102 valence electrons. The third-order valence-electron chi connectivity index (χ3n) is 2.84. The topological polar surface area (TPSA) is 34.2 Å². The van der Waals surface area contributed by atoms with Crippen LogP contribution in [0.2, 0.25) is 0 Å². The van der Waals surface area contributed by atoms with Crippen molar-refractivity contribution < 1.29 is 4.74 Å². The lowest BCUT2D eigenvalue weighted by atomic mass is 10.2. The summed E-state index contributed by atoms with van der Waals surface area (Å²) in [6.07, 6.45) is 0.942. The number of nitrogens with one attached hydrogen (secondary N) is 1. The third-order valence-corrected chi connectivity index (χ3v) is 3.57. The lowest BCUT2D eigenvalue weighted by Gasteiger charge is -2.11. The zero-order valence-electron chi connectivity index (χ0n) is 11.5. The van der Waals surface area contributed by atoms with E-state index in [0.29, 0.717) is 6.61 Å². The summed E-state index contributed by atoms with van der Waals surface area (Å²) in [5.41, 5.74) is 3.35. The van der Waals surface area contributed by atoms with Gasteiger partial charge in [0, 0.05) is 18.7 Å². The number of hydrogen-bond donors (Lipinski definition) is 1. The van der Waals surface area contributed by atoms with Gasteiger partial charge in [0.15, 0.2) is 0 Å². The van der Waals surface area contributed by atoms with Crippen molar-refractivity contribution in [2.75, 3.05) is 13.2 Å². The molecule has 4 heteroatoms. The van der Waals surface area contributed by atoms with Crippen molar-refractivity contribution in [3.05, 3.63) is 45.9 Å². The number of ether oxygens (including phenoxy) is 1. The smallest absolute Gasteiger partial charge is 0.142 e. The average molecular weight is 276 g/mol. The van der Waals surface area contributed by atoms with Crippen molar-refractivity contribution >= 4 is 11.3 Å². The van der Waals surface area contributed by atoms with Gasteiger partial charge in [-0.2, -0.15) is 11.3 Å². The first-order valence-electron chi connectivity index (χ1n) is 6.60. The predicted octanol–water partition coefficient (Wildman–Crippen LogP) is 3.18. The highest BCUT2D eigenvalue weighted by Crippen LogP contribution is 2.17. The second-order valence-corrected chi connectivity index (χ2v) is 5.19. The van der Waals surface area contributed by atoms with E-state index in [9.17, 15) is 0 Å². The Bertz CT molecular complexity index is 497. The molecular formula is C15H20N2OS. The Balaban J connectivity index is 1.94. The molecule has 0 atom stereocenters. The zero-order chi connectivity index (χ0) is 13.5. The number of hydrogen-bond acceptors (Lipinski definition) is 4. The summed E-state index contributed by atoms with van der Waals surface area (Å²) >= 11 is 1.72. The van der Waals surface area contributed by atoms with Crippen LogP contribution in [0.25, 0.3) is 0 Å². The van der Waals surface area contributed by atoms with Crippen LogP contribution in [-0.2, 0) is 13.0 Å². The molecule has 0 saturated heterocycles. The molecule has 0 aliphatic carbocycles. The molecule has 2 heterocycles. The average Bonchev–Trinajstić information content (AvgIpc) is 2.91. The Morgan fingerprint density at radius 1 is 1.32 bits per heavy atom. The van der Waals surface area contributed by atoms with Crippen molar-refractivity contribution in [3.63, 3.8) is 0 Å². The van der Waals surface area contributed by atoms with Gasteiger partial charge in [-0.1, -0.05) is 6.92 Å². The molecule has 2 aromatic heterocycles. The molecule has 0 aliphatic rings. The molecule has 0 aliphatic heterocycles. The first-order chi connectivity index (χ1) is 9.29. The zero-order valence-corrected chi connectivity index (χ0v) is 12.3. The van der Waals surface area contributed by atoms with E-state index >= 15 is 0 Å². The Morgan fingerprint density at radius 3 is 2.95 bits per heavy atom. The van der Waals surface area contributed by atoms with E-state index < -0.39 is 0 Å². The van der Waals surface area contributed by atoms with E-state index in [1.165, 1.54) is 5.56 Å².